The number of thioether (sulfide) groups is 1. The molecular weight excluding hydrogens is 274 g/mol. The molecule has 2 aromatic rings. The third-order valence-corrected chi connectivity index (χ3v) is 4.82. The van der Waals surface area contributed by atoms with Crippen LogP contribution in [0.3, 0.4) is 0 Å². The highest BCUT2D eigenvalue weighted by molar-refractivity contribution is 7.99. The molecule has 20 heavy (non-hydrogen) atoms. The van der Waals surface area contributed by atoms with Crippen LogP contribution in [0.4, 0.5) is 0 Å². The highest BCUT2D eigenvalue weighted by atomic mass is 32.2. The number of carbonyl (C=O) groups excluding carboxylic acids is 1. The van der Waals surface area contributed by atoms with Crippen molar-refractivity contribution in [2.24, 2.45) is 5.41 Å². The average molecular weight is 289 g/mol. The van der Waals surface area contributed by atoms with Crippen LogP contribution in [0.2, 0.25) is 0 Å². The number of rotatable bonds is 5. The molecule has 0 radical (unpaired) electrons. The molecular formula is C14H15N3O2S. The van der Waals surface area contributed by atoms with E-state index in [-0.39, 0.29) is 11.4 Å². The van der Waals surface area contributed by atoms with E-state index < -0.39 is 0 Å². The Labute approximate surface area is 121 Å². The van der Waals surface area contributed by atoms with Gasteiger partial charge in [0, 0.05) is 18.1 Å². The number of hydrogen-bond acceptors (Lipinski definition) is 6. The van der Waals surface area contributed by atoms with E-state index in [0.29, 0.717) is 12.1 Å². The number of methoxy groups -OCH3 is 1. The summed E-state index contributed by atoms with van der Waals surface area (Å²) >= 11 is 1.67. The van der Waals surface area contributed by atoms with E-state index in [1.807, 2.05) is 12.1 Å². The summed E-state index contributed by atoms with van der Waals surface area (Å²) < 4.78 is 4.75. The van der Waals surface area contributed by atoms with Crippen molar-refractivity contribution in [3.8, 4) is 0 Å². The summed E-state index contributed by atoms with van der Waals surface area (Å²) in [6.07, 6.45) is 5.98. The number of carbonyl (C=O) groups is 1. The third kappa shape index (κ3) is 2.90. The van der Waals surface area contributed by atoms with Crippen molar-refractivity contribution >= 4 is 28.9 Å². The van der Waals surface area contributed by atoms with Crippen molar-refractivity contribution in [1.29, 1.82) is 0 Å². The van der Waals surface area contributed by atoms with Crippen molar-refractivity contribution in [2.45, 2.75) is 24.3 Å². The smallest absolute Gasteiger partial charge is 0.306 e. The van der Waals surface area contributed by atoms with Gasteiger partial charge in [0.1, 0.15) is 5.52 Å². The van der Waals surface area contributed by atoms with Gasteiger partial charge in [-0.25, -0.2) is 9.97 Å². The lowest BCUT2D eigenvalue weighted by molar-refractivity contribution is -0.141. The first kappa shape index (κ1) is 13.3. The SMILES string of the molecule is COC(=O)CC1(CSc2ccc3nccnc3n2)CC1. The summed E-state index contributed by atoms with van der Waals surface area (Å²) in [7, 11) is 1.44. The second-order valence-electron chi connectivity index (χ2n) is 5.09. The summed E-state index contributed by atoms with van der Waals surface area (Å²) in [5, 5.41) is 0.925. The molecule has 1 fully saturated rings. The Morgan fingerprint density at radius 2 is 2.15 bits per heavy atom. The van der Waals surface area contributed by atoms with Crippen LogP contribution in [0, 0.1) is 5.41 Å². The number of aromatic nitrogens is 3. The van der Waals surface area contributed by atoms with Crippen molar-refractivity contribution in [1.82, 2.24) is 15.0 Å². The molecule has 0 aromatic carbocycles. The second kappa shape index (κ2) is 5.36. The Morgan fingerprint density at radius 3 is 2.90 bits per heavy atom. The minimum Gasteiger partial charge on any atom is -0.469 e. The number of fused-ring (bicyclic) bond motifs is 1. The van der Waals surface area contributed by atoms with Crippen LogP contribution >= 0.6 is 11.8 Å². The molecule has 0 N–H and O–H groups in total. The second-order valence-corrected chi connectivity index (χ2v) is 6.09. The Balaban J connectivity index is 1.66. The molecule has 0 saturated heterocycles. The minimum atomic E-state index is -0.125. The van der Waals surface area contributed by atoms with Gasteiger partial charge in [0.2, 0.25) is 0 Å². The van der Waals surface area contributed by atoms with E-state index in [4.69, 9.17) is 4.74 Å². The first-order chi connectivity index (χ1) is 9.71. The van der Waals surface area contributed by atoms with Crippen LogP contribution in [0.25, 0.3) is 11.2 Å². The van der Waals surface area contributed by atoms with Gasteiger partial charge >= 0.3 is 5.97 Å². The summed E-state index contributed by atoms with van der Waals surface area (Å²) in [6, 6.07) is 3.88. The van der Waals surface area contributed by atoms with Gasteiger partial charge in [-0.2, -0.15) is 0 Å². The number of nitrogens with zero attached hydrogens (tertiary/aromatic N) is 3. The monoisotopic (exact) mass is 289 g/mol. The van der Waals surface area contributed by atoms with Gasteiger partial charge in [0.25, 0.3) is 0 Å². The average Bonchev–Trinajstić information content (AvgIpc) is 3.25. The number of ether oxygens (including phenoxy) is 1. The molecule has 2 aromatic heterocycles. The number of pyridine rings is 1. The fourth-order valence-electron chi connectivity index (χ4n) is 2.07. The lowest BCUT2D eigenvalue weighted by atomic mass is 10.1. The first-order valence-corrected chi connectivity index (χ1v) is 7.47. The molecule has 0 bridgehead atoms. The van der Waals surface area contributed by atoms with Crippen molar-refractivity contribution in [2.75, 3.05) is 12.9 Å². The Kier molecular flexibility index (Phi) is 3.56. The van der Waals surface area contributed by atoms with E-state index in [1.54, 1.807) is 24.2 Å². The predicted octanol–water partition coefficient (Wildman–Crippen LogP) is 2.46. The van der Waals surface area contributed by atoms with Crippen LogP contribution in [0.15, 0.2) is 29.6 Å². The summed E-state index contributed by atoms with van der Waals surface area (Å²) in [6.45, 7) is 0. The van der Waals surface area contributed by atoms with Gasteiger partial charge in [0.15, 0.2) is 5.65 Å². The number of esters is 1. The molecule has 0 aliphatic heterocycles. The summed E-state index contributed by atoms with van der Waals surface area (Å²) in [4.78, 5) is 24.3. The van der Waals surface area contributed by atoms with Gasteiger partial charge in [-0.15, -0.1) is 11.8 Å². The Hall–Kier alpha value is -1.69. The first-order valence-electron chi connectivity index (χ1n) is 6.48. The molecule has 104 valence electrons. The fourth-order valence-corrected chi connectivity index (χ4v) is 3.23. The molecule has 0 amide bonds. The zero-order valence-corrected chi connectivity index (χ0v) is 12.0. The van der Waals surface area contributed by atoms with E-state index >= 15 is 0 Å². The summed E-state index contributed by atoms with van der Waals surface area (Å²) in [5.41, 5.74) is 1.57. The van der Waals surface area contributed by atoms with Crippen LogP contribution < -0.4 is 0 Å². The molecule has 1 saturated carbocycles. The van der Waals surface area contributed by atoms with E-state index in [9.17, 15) is 4.79 Å². The van der Waals surface area contributed by atoms with Crippen LogP contribution in [-0.4, -0.2) is 33.8 Å². The van der Waals surface area contributed by atoms with E-state index in [0.717, 1.165) is 29.1 Å². The van der Waals surface area contributed by atoms with Gasteiger partial charge < -0.3 is 4.74 Å². The zero-order chi connectivity index (χ0) is 14.0. The van der Waals surface area contributed by atoms with Crippen molar-refractivity contribution in [3.05, 3.63) is 24.5 Å². The molecule has 0 unspecified atom stereocenters. The van der Waals surface area contributed by atoms with Gasteiger partial charge in [-0.05, 0) is 30.4 Å². The fraction of sp³-hybridized carbons (Fsp3) is 0.429. The Bertz CT molecular complexity index is 643. The largest absolute Gasteiger partial charge is 0.469 e. The molecule has 0 spiro atoms. The topological polar surface area (TPSA) is 65.0 Å². The highest BCUT2D eigenvalue weighted by Gasteiger charge is 2.44. The summed E-state index contributed by atoms with van der Waals surface area (Å²) in [5.74, 6) is 0.765. The van der Waals surface area contributed by atoms with Crippen molar-refractivity contribution in [3.63, 3.8) is 0 Å². The molecule has 2 heterocycles. The lowest BCUT2D eigenvalue weighted by Gasteiger charge is -2.12. The van der Waals surface area contributed by atoms with Gasteiger partial charge in [-0.1, -0.05) is 0 Å². The standard InChI is InChI=1S/C14H15N3O2S/c1-19-12(18)8-14(4-5-14)9-20-11-3-2-10-13(17-11)16-7-6-15-10/h2-3,6-7H,4-5,8-9H2,1H3. The maximum atomic E-state index is 11.4. The van der Waals surface area contributed by atoms with E-state index in [1.165, 1.54) is 7.11 Å². The molecule has 0 atom stereocenters. The van der Waals surface area contributed by atoms with Crippen molar-refractivity contribution < 1.29 is 9.53 Å². The zero-order valence-electron chi connectivity index (χ0n) is 11.2. The van der Waals surface area contributed by atoms with Crippen LogP contribution in [0.5, 0.6) is 0 Å². The Morgan fingerprint density at radius 1 is 1.35 bits per heavy atom. The predicted molar refractivity (Wildman–Crippen MR) is 76.4 cm³/mol. The minimum absolute atomic E-state index is 0.108. The maximum absolute atomic E-state index is 11.4. The van der Waals surface area contributed by atoms with Crippen LogP contribution in [0.1, 0.15) is 19.3 Å². The highest BCUT2D eigenvalue weighted by Crippen LogP contribution is 2.52. The van der Waals surface area contributed by atoms with Gasteiger partial charge in [0.05, 0.1) is 18.6 Å². The number of hydrogen-bond donors (Lipinski definition) is 0. The van der Waals surface area contributed by atoms with Crippen LogP contribution in [-0.2, 0) is 9.53 Å². The molecule has 6 heteroatoms. The molecule has 1 aliphatic carbocycles. The van der Waals surface area contributed by atoms with Gasteiger partial charge in [-0.3, -0.25) is 9.78 Å². The lowest BCUT2D eigenvalue weighted by Crippen LogP contribution is -2.13. The maximum Gasteiger partial charge on any atom is 0.306 e. The third-order valence-electron chi connectivity index (χ3n) is 3.54. The van der Waals surface area contributed by atoms with E-state index in [2.05, 4.69) is 15.0 Å². The molecule has 5 nitrogen and oxygen atoms in total. The quantitative estimate of drug-likeness (QED) is 0.622. The molecule has 3 rings (SSSR count). The normalized spacial score (nSPS) is 16.1. The molecule has 1 aliphatic rings.